The van der Waals surface area contributed by atoms with Crippen molar-refractivity contribution in [2.24, 2.45) is 0 Å². The molecule has 2 aromatic rings. The van der Waals surface area contributed by atoms with E-state index >= 15 is 0 Å². The van der Waals surface area contributed by atoms with E-state index in [2.05, 4.69) is 21.2 Å². The predicted octanol–water partition coefficient (Wildman–Crippen LogP) is 3.69. The SMILES string of the molecule is Cc1ccc(/C=C/C(=O)OCC(=O)NCc2cccs2)c(Br)c1. The summed E-state index contributed by atoms with van der Waals surface area (Å²) in [6, 6.07) is 9.66. The highest BCUT2D eigenvalue weighted by atomic mass is 79.9. The first kappa shape index (κ1) is 17.4. The van der Waals surface area contributed by atoms with Crippen molar-refractivity contribution in [3.8, 4) is 0 Å². The molecule has 0 radical (unpaired) electrons. The second-order valence-electron chi connectivity index (χ2n) is 4.82. The number of rotatable bonds is 6. The van der Waals surface area contributed by atoms with E-state index in [4.69, 9.17) is 4.74 Å². The van der Waals surface area contributed by atoms with Crippen molar-refractivity contribution in [2.75, 3.05) is 6.61 Å². The molecule has 1 heterocycles. The van der Waals surface area contributed by atoms with Crippen molar-refractivity contribution in [1.82, 2.24) is 5.32 Å². The van der Waals surface area contributed by atoms with E-state index in [-0.39, 0.29) is 12.5 Å². The fraction of sp³-hybridized carbons (Fsp3) is 0.176. The molecule has 1 aromatic carbocycles. The van der Waals surface area contributed by atoms with Crippen LogP contribution in [0.4, 0.5) is 0 Å². The van der Waals surface area contributed by atoms with Gasteiger partial charge in [-0.2, -0.15) is 0 Å². The van der Waals surface area contributed by atoms with Crippen molar-refractivity contribution >= 4 is 45.2 Å². The summed E-state index contributed by atoms with van der Waals surface area (Å²) in [5.74, 6) is -0.875. The van der Waals surface area contributed by atoms with E-state index < -0.39 is 5.97 Å². The lowest BCUT2D eigenvalue weighted by Crippen LogP contribution is -2.27. The topological polar surface area (TPSA) is 55.4 Å². The molecule has 120 valence electrons. The lowest BCUT2D eigenvalue weighted by molar-refractivity contribution is -0.143. The highest BCUT2D eigenvalue weighted by molar-refractivity contribution is 9.10. The third-order valence-corrected chi connectivity index (χ3v) is 4.50. The normalized spacial score (nSPS) is 10.7. The number of carbonyl (C=O) groups excluding carboxylic acids is 2. The highest BCUT2D eigenvalue weighted by Crippen LogP contribution is 2.19. The molecule has 0 spiro atoms. The summed E-state index contributed by atoms with van der Waals surface area (Å²) in [4.78, 5) is 24.3. The minimum Gasteiger partial charge on any atom is -0.452 e. The Balaban J connectivity index is 1.75. The van der Waals surface area contributed by atoms with Crippen LogP contribution in [0.2, 0.25) is 0 Å². The van der Waals surface area contributed by atoms with Gasteiger partial charge in [0.25, 0.3) is 5.91 Å². The Morgan fingerprint density at radius 2 is 2.17 bits per heavy atom. The third-order valence-electron chi connectivity index (χ3n) is 2.94. The van der Waals surface area contributed by atoms with Crippen molar-refractivity contribution in [3.05, 3.63) is 62.3 Å². The van der Waals surface area contributed by atoms with E-state index in [1.54, 1.807) is 17.4 Å². The van der Waals surface area contributed by atoms with Crippen LogP contribution in [0, 0.1) is 6.92 Å². The number of carbonyl (C=O) groups is 2. The van der Waals surface area contributed by atoms with E-state index in [1.165, 1.54) is 6.08 Å². The van der Waals surface area contributed by atoms with Crippen LogP contribution < -0.4 is 5.32 Å². The summed E-state index contributed by atoms with van der Waals surface area (Å²) in [6.45, 7) is 2.14. The average Bonchev–Trinajstić information content (AvgIpc) is 3.03. The summed E-state index contributed by atoms with van der Waals surface area (Å²) < 4.78 is 5.81. The summed E-state index contributed by atoms with van der Waals surface area (Å²) in [6.07, 6.45) is 2.96. The average molecular weight is 394 g/mol. The van der Waals surface area contributed by atoms with Gasteiger partial charge in [-0.3, -0.25) is 4.79 Å². The Bertz CT molecular complexity index is 711. The molecule has 23 heavy (non-hydrogen) atoms. The molecule has 2 rings (SSSR count). The maximum absolute atomic E-state index is 11.6. The van der Waals surface area contributed by atoms with Gasteiger partial charge in [0, 0.05) is 15.4 Å². The number of benzene rings is 1. The monoisotopic (exact) mass is 393 g/mol. The Kier molecular flexibility index (Phi) is 6.55. The largest absolute Gasteiger partial charge is 0.452 e. The van der Waals surface area contributed by atoms with Gasteiger partial charge in [0.15, 0.2) is 6.61 Å². The molecule has 0 aliphatic heterocycles. The van der Waals surface area contributed by atoms with Gasteiger partial charge < -0.3 is 10.1 Å². The zero-order chi connectivity index (χ0) is 16.7. The number of ether oxygens (including phenoxy) is 1. The van der Waals surface area contributed by atoms with Crippen LogP contribution in [0.15, 0.2) is 46.3 Å². The molecular weight excluding hydrogens is 378 g/mol. The van der Waals surface area contributed by atoms with Gasteiger partial charge in [-0.15, -0.1) is 11.3 Å². The standard InChI is InChI=1S/C17H16BrNO3S/c1-12-4-5-13(15(18)9-12)6-7-17(21)22-11-16(20)19-10-14-3-2-8-23-14/h2-9H,10-11H2,1H3,(H,19,20)/b7-6+. The summed E-state index contributed by atoms with van der Waals surface area (Å²) in [7, 11) is 0. The van der Waals surface area contributed by atoms with Gasteiger partial charge in [0.05, 0.1) is 6.54 Å². The van der Waals surface area contributed by atoms with Gasteiger partial charge in [0.2, 0.25) is 0 Å². The number of hydrogen-bond donors (Lipinski definition) is 1. The number of hydrogen-bond acceptors (Lipinski definition) is 4. The van der Waals surface area contributed by atoms with Crippen LogP contribution in [-0.4, -0.2) is 18.5 Å². The first-order valence-electron chi connectivity index (χ1n) is 6.94. The molecule has 6 heteroatoms. The van der Waals surface area contributed by atoms with E-state index in [0.717, 1.165) is 20.5 Å². The summed E-state index contributed by atoms with van der Waals surface area (Å²) >= 11 is 4.99. The highest BCUT2D eigenvalue weighted by Gasteiger charge is 2.05. The molecule has 0 aliphatic rings. The second kappa shape index (κ2) is 8.64. The van der Waals surface area contributed by atoms with Crippen LogP contribution in [-0.2, 0) is 20.9 Å². The van der Waals surface area contributed by atoms with Gasteiger partial charge in [-0.1, -0.05) is 34.1 Å². The third kappa shape index (κ3) is 6.00. The maximum Gasteiger partial charge on any atom is 0.331 e. The van der Waals surface area contributed by atoms with Crippen LogP contribution in [0.3, 0.4) is 0 Å². The van der Waals surface area contributed by atoms with Gasteiger partial charge in [0.1, 0.15) is 0 Å². The fourth-order valence-electron chi connectivity index (χ4n) is 1.76. The fourth-order valence-corrected chi connectivity index (χ4v) is 3.03. The van der Waals surface area contributed by atoms with Crippen molar-refractivity contribution in [3.63, 3.8) is 0 Å². The van der Waals surface area contributed by atoms with Gasteiger partial charge >= 0.3 is 5.97 Å². The Morgan fingerprint density at radius 3 is 2.87 bits per heavy atom. The maximum atomic E-state index is 11.6. The zero-order valence-corrected chi connectivity index (χ0v) is 14.9. The quantitative estimate of drug-likeness (QED) is 0.601. The van der Waals surface area contributed by atoms with E-state index in [1.807, 2.05) is 42.6 Å². The molecule has 0 fully saturated rings. The molecule has 1 amide bonds. The minimum atomic E-state index is -0.552. The first-order chi connectivity index (χ1) is 11.0. The molecule has 0 atom stereocenters. The Hall–Kier alpha value is -1.92. The molecular formula is C17H16BrNO3S. The lowest BCUT2D eigenvalue weighted by Gasteiger charge is -2.04. The van der Waals surface area contributed by atoms with E-state index in [0.29, 0.717) is 6.54 Å². The van der Waals surface area contributed by atoms with Gasteiger partial charge in [-0.05, 0) is 41.6 Å². The van der Waals surface area contributed by atoms with Gasteiger partial charge in [-0.25, -0.2) is 4.79 Å². The molecule has 0 saturated heterocycles. The smallest absolute Gasteiger partial charge is 0.331 e. The molecule has 1 N–H and O–H groups in total. The number of amides is 1. The van der Waals surface area contributed by atoms with Crippen molar-refractivity contribution < 1.29 is 14.3 Å². The predicted molar refractivity (Wildman–Crippen MR) is 95.0 cm³/mol. The minimum absolute atomic E-state index is 0.288. The molecule has 0 aliphatic carbocycles. The number of nitrogens with one attached hydrogen (secondary N) is 1. The molecule has 4 nitrogen and oxygen atoms in total. The number of halogens is 1. The Morgan fingerprint density at radius 1 is 1.35 bits per heavy atom. The number of thiophene rings is 1. The van der Waals surface area contributed by atoms with E-state index in [9.17, 15) is 9.59 Å². The summed E-state index contributed by atoms with van der Waals surface area (Å²) in [5, 5.41) is 4.63. The Labute approximate surface area is 147 Å². The van der Waals surface area contributed by atoms with Crippen molar-refractivity contribution in [1.29, 1.82) is 0 Å². The van der Waals surface area contributed by atoms with Crippen molar-refractivity contribution in [2.45, 2.75) is 13.5 Å². The van der Waals surface area contributed by atoms with Crippen LogP contribution >= 0.6 is 27.3 Å². The first-order valence-corrected chi connectivity index (χ1v) is 8.62. The zero-order valence-electron chi connectivity index (χ0n) is 12.5. The van der Waals surface area contributed by atoms with Crippen LogP contribution in [0.25, 0.3) is 6.08 Å². The summed E-state index contributed by atoms with van der Waals surface area (Å²) in [5.41, 5.74) is 1.99. The number of esters is 1. The van der Waals surface area contributed by atoms with Crippen LogP contribution in [0.5, 0.6) is 0 Å². The molecule has 1 aromatic heterocycles. The lowest BCUT2D eigenvalue weighted by atomic mass is 10.1. The molecule has 0 saturated carbocycles. The molecule has 0 unspecified atom stereocenters. The number of aryl methyl sites for hydroxylation is 1. The second-order valence-corrected chi connectivity index (χ2v) is 6.71. The van der Waals surface area contributed by atoms with Crippen LogP contribution in [0.1, 0.15) is 16.0 Å². The molecule has 0 bridgehead atoms.